The Morgan fingerprint density at radius 2 is 1.89 bits per heavy atom. The minimum Gasteiger partial charge on any atom is -0.382 e. The van der Waals surface area contributed by atoms with Gasteiger partial charge in [-0.05, 0) is 12.1 Å². The van der Waals surface area contributed by atoms with Crippen LogP contribution in [-0.4, -0.2) is 15.0 Å². The molecule has 0 saturated carbocycles. The number of rotatable bonds is 2. The molecule has 0 fully saturated rings. The van der Waals surface area contributed by atoms with Crippen molar-refractivity contribution in [1.29, 1.82) is 0 Å². The first-order chi connectivity index (χ1) is 8.47. The molecule has 0 aromatic carbocycles. The fraction of sp³-hybridized carbons (Fsp3) is 0.100. The van der Waals surface area contributed by atoms with Gasteiger partial charge >= 0.3 is 6.18 Å². The lowest BCUT2D eigenvalue weighted by molar-refractivity contribution is -0.143. The van der Waals surface area contributed by atoms with E-state index < -0.39 is 11.9 Å². The van der Waals surface area contributed by atoms with Crippen LogP contribution < -0.4 is 5.73 Å². The fourth-order valence-electron chi connectivity index (χ4n) is 1.18. The summed E-state index contributed by atoms with van der Waals surface area (Å²) in [6, 6.07) is 2.76. The van der Waals surface area contributed by atoms with Crippen LogP contribution in [0.3, 0.4) is 0 Å². The van der Waals surface area contributed by atoms with E-state index in [0.29, 0.717) is 5.03 Å². The summed E-state index contributed by atoms with van der Waals surface area (Å²) in [6.07, 6.45) is -0.800. The number of pyridine rings is 1. The molecule has 2 heterocycles. The first kappa shape index (κ1) is 12.6. The molecule has 94 valence electrons. The molecule has 8 heteroatoms. The zero-order chi connectivity index (χ0) is 13.2. The standard InChI is InChI=1S/C10H7F3N4S/c11-10(12,13)9-6(2-1-3-15-9)18-8-5-16-7(14)4-17-8/h1-5H,(H2,14,16). The summed E-state index contributed by atoms with van der Waals surface area (Å²) in [5, 5.41) is 0.322. The van der Waals surface area contributed by atoms with Crippen LogP contribution in [-0.2, 0) is 6.18 Å². The van der Waals surface area contributed by atoms with Crippen molar-refractivity contribution < 1.29 is 13.2 Å². The zero-order valence-corrected chi connectivity index (χ0v) is 9.66. The summed E-state index contributed by atoms with van der Waals surface area (Å²) in [7, 11) is 0. The van der Waals surface area contributed by atoms with Gasteiger partial charge in [-0.2, -0.15) is 13.2 Å². The molecule has 18 heavy (non-hydrogen) atoms. The molecule has 0 spiro atoms. The van der Waals surface area contributed by atoms with Crippen molar-refractivity contribution >= 4 is 17.6 Å². The molecule has 0 amide bonds. The summed E-state index contributed by atoms with van der Waals surface area (Å²) in [5.41, 5.74) is 4.41. The smallest absolute Gasteiger partial charge is 0.382 e. The van der Waals surface area contributed by atoms with E-state index in [1.165, 1.54) is 24.5 Å². The maximum absolute atomic E-state index is 12.7. The topological polar surface area (TPSA) is 64.7 Å². The lowest BCUT2D eigenvalue weighted by Crippen LogP contribution is -2.09. The van der Waals surface area contributed by atoms with E-state index in [0.717, 1.165) is 18.0 Å². The lowest BCUT2D eigenvalue weighted by atomic mass is 10.3. The molecule has 0 aliphatic rings. The third-order valence-corrected chi connectivity index (χ3v) is 2.87. The van der Waals surface area contributed by atoms with Crippen molar-refractivity contribution in [3.8, 4) is 0 Å². The summed E-state index contributed by atoms with van der Waals surface area (Å²) in [6.45, 7) is 0. The van der Waals surface area contributed by atoms with E-state index in [1.54, 1.807) is 0 Å². The molecule has 0 atom stereocenters. The average molecular weight is 272 g/mol. The SMILES string of the molecule is Nc1cnc(Sc2cccnc2C(F)(F)F)cn1. The van der Waals surface area contributed by atoms with Crippen LogP contribution in [0.2, 0.25) is 0 Å². The van der Waals surface area contributed by atoms with Gasteiger partial charge in [-0.15, -0.1) is 0 Å². The van der Waals surface area contributed by atoms with E-state index in [2.05, 4.69) is 15.0 Å². The van der Waals surface area contributed by atoms with Gasteiger partial charge in [-0.25, -0.2) is 9.97 Å². The first-order valence-electron chi connectivity index (χ1n) is 4.74. The number of alkyl halides is 3. The predicted octanol–water partition coefficient (Wildman–Crippen LogP) is 2.62. The van der Waals surface area contributed by atoms with Gasteiger partial charge in [0.25, 0.3) is 0 Å². The van der Waals surface area contributed by atoms with Crippen molar-refractivity contribution in [2.45, 2.75) is 16.1 Å². The van der Waals surface area contributed by atoms with Gasteiger partial charge < -0.3 is 5.73 Å². The van der Waals surface area contributed by atoms with Crippen molar-refractivity contribution in [3.05, 3.63) is 36.4 Å². The molecule has 4 nitrogen and oxygen atoms in total. The molecule has 0 radical (unpaired) electrons. The fourth-order valence-corrected chi connectivity index (χ4v) is 2.03. The largest absolute Gasteiger partial charge is 0.434 e. The molecular formula is C10H7F3N4S. The van der Waals surface area contributed by atoms with Gasteiger partial charge in [0.2, 0.25) is 0 Å². The van der Waals surface area contributed by atoms with Crippen LogP contribution in [0.15, 0.2) is 40.6 Å². The lowest BCUT2D eigenvalue weighted by Gasteiger charge is -2.10. The van der Waals surface area contributed by atoms with Crippen LogP contribution >= 0.6 is 11.8 Å². The van der Waals surface area contributed by atoms with Gasteiger partial charge in [0.05, 0.1) is 12.4 Å². The van der Waals surface area contributed by atoms with Gasteiger partial charge in [0.1, 0.15) is 10.8 Å². The molecule has 0 saturated heterocycles. The van der Waals surface area contributed by atoms with E-state index in [1.807, 2.05) is 0 Å². The van der Waals surface area contributed by atoms with Crippen molar-refractivity contribution in [2.24, 2.45) is 0 Å². The Bertz CT molecular complexity index is 542. The molecule has 0 unspecified atom stereocenters. The highest BCUT2D eigenvalue weighted by Crippen LogP contribution is 2.37. The number of anilines is 1. The Morgan fingerprint density at radius 1 is 1.11 bits per heavy atom. The Labute approximate surface area is 104 Å². The van der Waals surface area contributed by atoms with E-state index in [4.69, 9.17) is 5.73 Å². The van der Waals surface area contributed by atoms with Crippen LogP contribution in [0.1, 0.15) is 5.69 Å². The van der Waals surface area contributed by atoms with E-state index >= 15 is 0 Å². The maximum Gasteiger partial charge on any atom is 0.434 e. The minimum atomic E-state index is -4.50. The van der Waals surface area contributed by atoms with Crippen LogP contribution in [0.5, 0.6) is 0 Å². The molecule has 2 aromatic heterocycles. The summed E-state index contributed by atoms with van der Waals surface area (Å²) in [4.78, 5) is 11.0. The highest BCUT2D eigenvalue weighted by molar-refractivity contribution is 7.99. The maximum atomic E-state index is 12.7. The van der Waals surface area contributed by atoms with Gasteiger partial charge in [-0.1, -0.05) is 11.8 Å². The third kappa shape index (κ3) is 2.89. The highest BCUT2D eigenvalue weighted by Gasteiger charge is 2.35. The molecule has 2 N–H and O–H groups in total. The van der Waals surface area contributed by atoms with E-state index in [-0.39, 0.29) is 10.7 Å². The predicted molar refractivity (Wildman–Crippen MR) is 59.8 cm³/mol. The summed E-state index contributed by atoms with van der Waals surface area (Å²) in [5.74, 6) is 0.210. The van der Waals surface area contributed by atoms with Crippen LogP contribution in [0, 0.1) is 0 Å². The number of nitrogen functional groups attached to an aromatic ring is 1. The number of nitrogens with two attached hydrogens (primary N) is 1. The molecule has 0 aliphatic carbocycles. The summed E-state index contributed by atoms with van der Waals surface area (Å²) >= 11 is 0.838. The Hall–Kier alpha value is -1.83. The number of nitrogens with zero attached hydrogens (tertiary/aromatic N) is 3. The second-order valence-corrected chi connectivity index (χ2v) is 4.29. The number of hydrogen-bond acceptors (Lipinski definition) is 5. The van der Waals surface area contributed by atoms with Crippen LogP contribution in [0.4, 0.5) is 19.0 Å². The highest BCUT2D eigenvalue weighted by atomic mass is 32.2. The number of hydrogen-bond donors (Lipinski definition) is 1. The normalized spacial score (nSPS) is 11.5. The van der Waals surface area contributed by atoms with E-state index in [9.17, 15) is 13.2 Å². The average Bonchev–Trinajstić information content (AvgIpc) is 2.31. The summed E-state index contributed by atoms with van der Waals surface area (Å²) < 4.78 is 38.1. The number of aromatic nitrogens is 3. The van der Waals surface area contributed by atoms with Gasteiger partial charge in [0, 0.05) is 11.1 Å². The third-order valence-electron chi connectivity index (χ3n) is 1.90. The molecule has 0 bridgehead atoms. The van der Waals surface area contributed by atoms with Crippen molar-refractivity contribution in [2.75, 3.05) is 5.73 Å². The number of halogens is 3. The Morgan fingerprint density at radius 3 is 2.50 bits per heavy atom. The van der Waals surface area contributed by atoms with Crippen molar-refractivity contribution in [1.82, 2.24) is 15.0 Å². The zero-order valence-electron chi connectivity index (χ0n) is 8.85. The van der Waals surface area contributed by atoms with Crippen molar-refractivity contribution in [3.63, 3.8) is 0 Å². The minimum absolute atomic E-state index is 0.0240. The molecule has 2 aromatic rings. The second kappa shape index (κ2) is 4.81. The quantitative estimate of drug-likeness (QED) is 0.910. The molecule has 0 aliphatic heterocycles. The van der Waals surface area contributed by atoms with Crippen LogP contribution in [0.25, 0.3) is 0 Å². The monoisotopic (exact) mass is 272 g/mol. The molecular weight excluding hydrogens is 265 g/mol. The second-order valence-electron chi connectivity index (χ2n) is 3.23. The van der Waals surface area contributed by atoms with Gasteiger partial charge in [0.15, 0.2) is 5.69 Å². The Balaban J connectivity index is 2.32. The Kier molecular flexibility index (Phi) is 3.37. The molecule has 2 rings (SSSR count). The first-order valence-corrected chi connectivity index (χ1v) is 5.56. The van der Waals surface area contributed by atoms with Gasteiger partial charge in [-0.3, -0.25) is 4.98 Å².